The quantitative estimate of drug-likeness (QED) is 0.193. The zero-order valence-corrected chi connectivity index (χ0v) is 36.0. The van der Waals surface area contributed by atoms with Crippen LogP contribution in [0.15, 0.2) is 35.9 Å². The number of hydrogen-bond donors (Lipinski definition) is 4. The van der Waals surface area contributed by atoms with Gasteiger partial charge in [-0.15, -0.1) is 0 Å². The van der Waals surface area contributed by atoms with Crippen LogP contribution in [0.2, 0.25) is 0 Å². The number of aliphatic hydroxyl groups is 4. The average Bonchev–Trinajstić information content (AvgIpc) is 3.19. The number of ether oxygens (including phenoxy) is 3. The third-order valence-electron chi connectivity index (χ3n) is 18.4. The number of allylic oxidation sites excluding steroid dienone is 2. The Morgan fingerprint density at radius 1 is 0.842 bits per heavy atom. The van der Waals surface area contributed by atoms with Crippen LogP contribution in [-0.4, -0.2) is 108 Å². The molecule has 10 heteroatoms. The maximum Gasteiger partial charge on any atom is 0.228 e. The van der Waals surface area contributed by atoms with Crippen LogP contribution < -0.4 is 9.64 Å². The number of anilines is 1. The van der Waals surface area contributed by atoms with E-state index in [-0.39, 0.29) is 38.6 Å². The van der Waals surface area contributed by atoms with Crippen molar-refractivity contribution in [2.24, 2.45) is 50.2 Å². The number of hydrogen-bond acceptors (Lipinski definition) is 9. The molecule has 2 aliphatic heterocycles. The molecule has 5 aliphatic carbocycles. The highest BCUT2D eigenvalue weighted by molar-refractivity contribution is 5.83. The highest BCUT2D eigenvalue weighted by Crippen LogP contribution is 2.76. The maximum absolute atomic E-state index is 14.6. The first-order valence-corrected chi connectivity index (χ1v) is 22.2. The van der Waals surface area contributed by atoms with Gasteiger partial charge in [-0.3, -0.25) is 4.79 Å². The first-order valence-electron chi connectivity index (χ1n) is 22.2. The molecule has 57 heavy (non-hydrogen) atoms. The normalized spacial score (nSPS) is 46.8. The Balaban J connectivity index is 1.00. The number of aliphatic hydroxyl groups excluding tert-OH is 4. The Bertz CT molecular complexity index is 1710. The molecule has 0 aromatic heterocycles. The molecule has 1 aromatic rings. The van der Waals surface area contributed by atoms with E-state index in [9.17, 15) is 25.2 Å². The Labute approximate surface area is 341 Å². The van der Waals surface area contributed by atoms with Crippen molar-refractivity contribution in [1.82, 2.24) is 4.90 Å². The summed E-state index contributed by atoms with van der Waals surface area (Å²) in [6, 6.07) is 8.18. The summed E-state index contributed by atoms with van der Waals surface area (Å²) in [4.78, 5) is 19.2. The van der Waals surface area contributed by atoms with E-state index in [1.54, 1.807) is 12.7 Å². The van der Waals surface area contributed by atoms with Crippen LogP contribution in [0.4, 0.5) is 5.69 Å². The summed E-state index contributed by atoms with van der Waals surface area (Å²) < 4.78 is 18.0. The summed E-state index contributed by atoms with van der Waals surface area (Å²) in [6.45, 7) is 19.8. The number of methoxy groups -OCH3 is 1. The highest BCUT2D eigenvalue weighted by atomic mass is 16.7. The number of piperazine rings is 1. The minimum atomic E-state index is -1.45. The zero-order chi connectivity index (χ0) is 40.9. The van der Waals surface area contributed by atoms with Gasteiger partial charge in [0.2, 0.25) is 5.91 Å². The molecule has 2 heterocycles. The van der Waals surface area contributed by atoms with Gasteiger partial charge in [0.15, 0.2) is 6.29 Å². The average molecular weight is 793 g/mol. The molecule has 1 aromatic carbocycles. The van der Waals surface area contributed by atoms with Gasteiger partial charge in [0, 0.05) is 31.6 Å². The van der Waals surface area contributed by atoms with Crippen molar-refractivity contribution in [3.8, 4) is 5.75 Å². The van der Waals surface area contributed by atoms with Crippen molar-refractivity contribution in [1.29, 1.82) is 0 Å². The molecular formula is C47H72N2O8. The molecule has 6 fully saturated rings. The lowest BCUT2D eigenvalue weighted by atomic mass is 9.33. The summed E-state index contributed by atoms with van der Waals surface area (Å²) in [7, 11) is 1.72. The van der Waals surface area contributed by atoms with E-state index in [0.29, 0.717) is 23.7 Å². The molecule has 10 nitrogen and oxygen atoms in total. The van der Waals surface area contributed by atoms with E-state index < -0.39 is 37.3 Å². The lowest BCUT2D eigenvalue weighted by Gasteiger charge is -2.71. The molecule has 0 bridgehead atoms. The minimum Gasteiger partial charge on any atom is -0.495 e. The summed E-state index contributed by atoms with van der Waals surface area (Å²) >= 11 is 0. The number of rotatable bonds is 6. The monoisotopic (exact) mass is 793 g/mol. The molecule has 4 saturated carbocycles. The Morgan fingerprint density at radius 2 is 1.54 bits per heavy atom. The van der Waals surface area contributed by atoms with E-state index in [1.165, 1.54) is 12.8 Å². The second-order valence-corrected chi connectivity index (χ2v) is 21.4. The summed E-state index contributed by atoms with van der Waals surface area (Å²) in [5, 5.41) is 41.5. The van der Waals surface area contributed by atoms with E-state index in [0.717, 1.165) is 89.0 Å². The Kier molecular flexibility index (Phi) is 10.5. The number of amides is 1. The molecule has 2 saturated heterocycles. The van der Waals surface area contributed by atoms with Gasteiger partial charge < -0.3 is 44.4 Å². The van der Waals surface area contributed by atoms with Crippen LogP contribution in [0.3, 0.4) is 0 Å². The van der Waals surface area contributed by atoms with Crippen LogP contribution in [0.25, 0.3) is 0 Å². The molecule has 14 atom stereocenters. The van der Waals surface area contributed by atoms with Crippen molar-refractivity contribution in [2.75, 3.05) is 44.8 Å². The summed E-state index contributed by atoms with van der Waals surface area (Å²) in [6.07, 6.45) is 6.60. The van der Waals surface area contributed by atoms with Crippen LogP contribution in [0.1, 0.15) is 113 Å². The van der Waals surface area contributed by atoms with E-state index >= 15 is 0 Å². The first-order chi connectivity index (χ1) is 26.9. The number of para-hydroxylation sites is 2. The van der Waals surface area contributed by atoms with Gasteiger partial charge in [0.25, 0.3) is 0 Å². The largest absolute Gasteiger partial charge is 0.495 e. The number of carbonyl (C=O) groups excluding carboxylic acids is 1. The molecule has 8 rings (SSSR count). The lowest BCUT2D eigenvalue weighted by molar-refractivity contribution is -0.330. The van der Waals surface area contributed by atoms with Gasteiger partial charge in [-0.1, -0.05) is 72.2 Å². The number of nitrogens with zero attached hydrogens (tertiary/aromatic N) is 2. The molecule has 0 unspecified atom stereocenters. The van der Waals surface area contributed by atoms with Crippen molar-refractivity contribution in [3.63, 3.8) is 0 Å². The molecule has 318 valence electrons. The molecule has 4 N–H and O–H groups in total. The van der Waals surface area contributed by atoms with Crippen molar-refractivity contribution < 1.29 is 39.4 Å². The third kappa shape index (κ3) is 6.26. The second kappa shape index (κ2) is 14.5. The van der Waals surface area contributed by atoms with E-state index in [1.807, 2.05) is 12.1 Å². The van der Waals surface area contributed by atoms with Crippen molar-refractivity contribution >= 4 is 11.6 Å². The minimum absolute atomic E-state index is 0.0591. The van der Waals surface area contributed by atoms with Crippen molar-refractivity contribution in [3.05, 3.63) is 35.9 Å². The summed E-state index contributed by atoms with van der Waals surface area (Å²) in [5.41, 5.74) is 2.62. The standard InChI is InChI=1S/C47H72N2O8/c1-42(2)34-15-18-47(7)35(45(34,5)17-16-36(42)57-40-39(53)38(52)37(51)33(28-50)56-40)14-13-29-30-27-44(4,20-19-43(30,3)21-22-46(29,47)6)41(54)49-25-23-48(24-26-49)31-11-9-10-12-32(31)55-8/h9-13,30,33-40,50-53H,14-28H2,1-8H3/t30-,33+,34-,35+,36-,37+,38-,39+,40-,43+,44-,45-,46+,47+/m0/s1. The second-order valence-electron chi connectivity index (χ2n) is 21.4. The molecule has 1 amide bonds. The SMILES string of the molecule is COc1ccccc1N1CCN(C(=O)[C@@]2(C)CC[C@]3(C)CC[C@]4(C)C(=CC[C@@H]5[C@@]6(C)CC[C@H](O[C@@H]7O[C@H](CO)[C@@H](O)[C@H](O)[C@H]7O)C(C)(C)[C@@H]6CC[C@]54C)[C@@H]3C2)CC1. The topological polar surface area (TPSA) is 132 Å². The van der Waals surface area contributed by atoms with E-state index in [4.69, 9.17) is 14.2 Å². The molecular weight excluding hydrogens is 721 g/mol. The first kappa shape index (κ1) is 41.5. The van der Waals surface area contributed by atoms with Gasteiger partial charge in [-0.05, 0) is 121 Å². The Morgan fingerprint density at radius 3 is 2.25 bits per heavy atom. The smallest absolute Gasteiger partial charge is 0.228 e. The van der Waals surface area contributed by atoms with Crippen LogP contribution in [0.5, 0.6) is 5.75 Å². The van der Waals surface area contributed by atoms with Crippen molar-refractivity contribution in [2.45, 2.75) is 149 Å². The third-order valence-corrected chi connectivity index (χ3v) is 18.4. The number of fused-ring (bicyclic) bond motifs is 7. The molecule has 0 radical (unpaired) electrons. The predicted molar refractivity (Wildman–Crippen MR) is 219 cm³/mol. The fourth-order valence-corrected chi connectivity index (χ4v) is 14.5. The van der Waals surface area contributed by atoms with Gasteiger partial charge in [-0.2, -0.15) is 0 Å². The van der Waals surface area contributed by atoms with Crippen LogP contribution >= 0.6 is 0 Å². The van der Waals surface area contributed by atoms with Gasteiger partial charge in [0.1, 0.15) is 30.2 Å². The molecule has 7 aliphatic rings. The van der Waals surface area contributed by atoms with Gasteiger partial charge in [0.05, 0.1) is 25.5 Å². The number of benzene rings is 1. The zero-order valence-electron chi connectivity index (χ0n) is 36.0. The number of carbonyl (C=O) groups is 1. The molecule has 0 spiro atoms. The van der Waals surface area contributed by atoms with Gasteiger partial charge in [-0.25, -0.2) is 0 Å². The van der Waals surface area contributed by atoms with E-state index in [2.05, 4.69) is 76.5 Å². The summed E-state index contributed by atoms with van der Waals surface area (Å²) in [5.74, 6) is 2.52. The highest BCUT2D eigenvalue weighted by Gasteiger charge is 2.68. The predicted octanol–water partition coefficient (Wildman–Crippen LogP) is 6.33. The maximum atomic E-state index is 14.6. The van der Waals surface area contributed by atoms with Crippen LogP contribution in [0, 0.1) is 50.2 Å². The lowest BCUT2D eigenvalue weighted by Crippen LogP contribution is -2.65. The van der Waals surface area contributed by atoms with Gasteiger partial charge >= 0.3 is 0 Å². The fraction of sp³-hybridized carbons (Fsp3) is 0.809. The van der Waals surface area contributed by atoms with Crippen LogP contribution in [-0.2, 0) is 14.3 Å². The fourth-order valence-electron chi connectivity index (χ4n) is 14.5. The Hall–Kier alpha value is -2.21.